The Hall–Kier alpha value is -2.82. The Morgan fingerprint density at radius 2 is 1.88 bits per heavy atom. The topological polar surface area (TPSA) is 68.0 Å². The van der Waals surface area contributed by atoms with Gasteiger partial charge in [-0.15, -0.1) is 21.5 Å². The molecule has 1 amide bonds. The predicted molar refractivity (Wildman–Crippen MR) is 118 cm³/mol. The average molecular weight is 496 g/mol. The minimum atomic E-state index is -4.57. The van der Waals surface area contributed by atoms with Gasteiger partial charge in [-0.2, -0.15) is 13.2 Å². The van der Waals surface area contributed by atoms with Crippen LogP contribution in [0.4, 0.5) is 18.9 Å². The largest absolute Gasteiger partial charge is 0.416 e. The molecule has 164 valence electrons. The molecule has 0 bridgehead atoms. The molecular weight excluding hydrogens is 483 g/mol. The predicted octanol–water partition coefficient (Wildman–Crippen LogP) is 6.94. The summed E-state index contributed by atoms with van der Waals surface area (Å²) in [6, 6.07) is 15.1. The van der Waals surface area contributed by atoms with E-state index in [9.17, 15) is 18.0 Å². The highest BCUT2D eigenvalue weighted by atomic mass is 35.5. The van der Waals surface area contributed by atoms with Crippen LogP contribution in [-0.4, -0.2) is 16.1 Å². The molecule has 0 unspecified atom stereocenters. The second-order valence-corrected chi connectivity index (χ2v) is 8.85. The van der Waals surface area contributed by atoms with Crippen LogP contribution in [0.2, 0.25) is 5.02 Å². The van der Waals surface area contributed by atoms with Crippen molar-refractivity contribution < 1.29 is 22.4 Å². The van der Waals surface area contributed by atoms with Crippen LogP contribution in [0.1, 0.15) is 16.4 Å². The average Bonchev–Trinajstić information content (AvgIpc) is 3.45. The van der Waals surface area contributed by atoms with Crippen LogP contribution in [-0.2, 0) is 11.0 Å². The molecule has 1 N–H and O–H groups in total. The lowest BCUT2D eigenvalue weighted by atomic mass is 10.1. The fraction of sp³-hybridized carbons (Fsp3) is 0.0952. The third kappa shape index (κ3) is 5.14. The Morgan fingerprint density at radius 1 is 1.09 bits per heavy atom. The number of thiophene rings is 1. The van der Waals surface area contributed by atoms with Crippen molar-refractivity contribution in [3.8, 4) is 10.8 Å². The fourth-order valence-corrected chi connectivity index (χ4v) is 4.44. The summed E-state index contributed by atoms with van der Waals surface area (Å²) in [5, 5.41) is 11.6. The van der Waals surface area contributed by atoms with Crippen LogP contribution in [0.3, 0.4) is 0 Å². The van der Waals surface area contributed by atoms with E-state index in [1.807, 2.05) is 17.5 Å². The zero-order valence-electron chi connectivity index (χ0n) is 16.0. The van der Waals surface area contributed by atoms with E-state index in [1.54, 1.807) is 30.3 Å². The zero-order chi connectivity index (χ0) is 22.7. The normalized spacial score (nSPS) is 12.5. The third-order valence-electron chi connectivity index (χ3n) is 4.25. The monoisotopic (exact) mass is 495 g/mol. The van der Waals surface area contributed by atoms with Gasteiger partial charge in [-0.3, -0.25) is 4.79 Å². The standard InChI is InChI=1S/C21H13ClF3N3O2S2/c22-14-9-8-13(21(23,24)25)11-15(14)26-18(29)17(12-5-2-1-3-6-12)32-20-28-27-19(30-20)16-7-4-10-31-16/h1-11,17H,(H,26,29)/t17-/m1/s1. The number of nitrogens with zero attached hydrogens (tertiary/aromatic N) is 2. The molecule has 32 heavy (non-hydrogen) atoms. The van der Waals surface area contributed by atoms with E-state index in [0.29, 0.717) is 11.5 Å². The number of anilines is 1. The Kier molecular flexibility index (Phi) is 6.54. The second kappa shape index (κ2) is 9.35. The second-order valence-electron chi connectivity index (χ2n) is 6.44. The summed E-state index contributed by atoms with van der Waals surface area (Å²) >= 11 is 8.45. The number of halogens is 4. The lowest BCUT2D eigenvalue weighted by molar-refractivity contribution is -0.137. The Bertz CT molecular complexity index is 1210. The summed E-state index contributed by atoms with van der Waals surface area (Å²) in [5.74, 6) is -0.269. The van der Waals surface area contributed by atoms with Crippen LogP contribution >= 0.6 is 34.7 Å². The first-order valence-electron chi connectivity index (χ1n) is 9.08. The summed E-state index contributed by atoms with van der Waals surface area (Å²) in [6.45, 7) is 0. The molecule has 0 aliphatic carbocycles. The maximum atomic E-state index is 13.1. The molecular formula is C21H13ClF3N3O2S2. The van der Waals surface area contributed by atoms with E-state index < -0.39 is 22.9 Å². The molecule has 0 saturated carbocycles. The minimum absolute atomic E-state index is 0.0130. The Balaban J connectivity index is 1.61. The van der Waals surface area contributed by atoms with Crippen LogP contribution in [0.25, 0.3) is 10.8 Å². The first-order valence-corrected chi connectivity index (χ1v) is 11.2. The molecule has 2 heterocycles. The molecule has 0 radical (unpaired) electrons. The summed E-state index contributed by atoms with van der Waals surface area (Å²) in [5.41, 5.74) is -0.453. The van der Waals surface area contributed by atoms with Gasteiger partial charge >= 0.3 is 6.18 Å². The van der Waals surface area contributed by atoms with Gasteiger partial charge in [-0.05, 0) is 47.0 Å². The quantitative estimate of drug-likeness (QED) is 0.293. The van der Waals surface area contributed by atoms with Gasteiger partial charge in [0.25, 0.3) is 11.1 Å². The number of amides is 1. The molecule has 2 aromatic carbocycles. The van der Waals surface area contributed by atoms with Crippen molar-refractivity contribution in [2.45, 2.75) is 16.6 Å². The highest BCUT2D eigenvalue weighted by Crippen LogP contribution is 2.39. The summed E-state index contributed by atoms with van der Waals surface area (Å²) in [6.07, 6.45) is -4.57. The maximum Gasteiger partial charge on any atom is 0.416 e. The van der Waals surface area contributed by atoms with Crippen molar-refractivity contribution >= 4 is 46.3 Å². The Labute approximate surface area is 193 Å². The number of hydrogen-bond acceptors (Lipinski definition) is 6. The molecule has 0 saturated heterocycles. The van der Waals surface area contributed by atoms with Crippen molar-refractivity contribution in [3.63, 3.8) is 0 Å². The van der Waals surface area contributed by atoms with E-state index in [4.69, 9.17) is 16.0 Å². The number of carbonyl (C=O) groups is 1. The highest BCUT2D eigenvalue weighted by molar-refractivity contribution is 8.00. The SMILES string of the molecule is O=C(Nc1cc(C(F)(F)F)ccc1Cl)[C@H](Sc1nnc(-c2cccs2)o1)c1ccccc1. The van der Waals surface area contributed by atoms with E-state index in [-0.39, 0.29) is 15.9 Å². The molecule has 2 aromatic heterocycles. The molecule has 4 rings (SSSR count). The van der Waals surface area contributed by atoms with Gasteiger partial charge in [0, 0.05) is 0 Å². The number of carbonyl (C=O) groups excluding carboxylic acids is 1. The lowest BCUT2D eigenvalue weighted by Crippen LogP contribution is -2.19. The van der Waals surface area contributed by atoms with Crippen molar-refractivity contribution in [1.29, 1.82) is 0 Å². The first-order chi connectivity index (χ1) is 15.3. The molecule has 11 heteroatoms. The molecule has 1 atom stereocenters. The number of benzene rings is 2. The van der Waals surface area contributed by atoms with Crippen LogP contribution in [0, 0.1) is 0 Å². The zero-order valence-corrected chi connectivity index (χ0v) is 18.4. The van der Waals surface area contributed by atoms with E-state index in [1.165, 1.54) is 11.3 Å². The van der Waals surface area contributed by atoms with Crippen LogP contribution < -0.4 is 5.32 Å². The molecule has 0 fully saturated rings. The van der Waals surface area contributed by atoms with Gasteiger partial charge in [-0.1, -0.05) is 48.0 Å². The Morgan fingerprint density at radius 3 is 2.56 bits per heavy atom. The van der Waals surface area contributed by atoms with Crippen molar-refractivity contribution in [2.24, 2.45) is 0 Å². The van der Waals surface area contributed by atoms with Gasteiger partial charge in [0.2, 0.25) is 5.91 Å². The van der Waals surface area contributed by atoms with Gasteiger partial charge in [0.05, 0.1) is 21.2 Å². The minimum Gasteiger partial charge on any atom is -0.410 e. The van der Waals surface area contributed by atoms with E-state index >= 15 is 0 Å². The molecule has 4 aromatic rings. The van der Waals surface area contributed by atoms with E-state index in [2.05, 4.69) is 15.5 Å². The van der Waals surface area contributed by atoms with Gasteiger partial charge in [-0.25, -0.2) is 0 Å². The number of aromatic nitrogens is 2. The number of rotatable bonds is 6. The van der Waals surface area contributed by atoms with Crippen molar-refractivity contribution in [3.05, 3.63) is 82.2 Å². The third-order valence-corrected chi connectivity index (χ3v) is 6.53. The van der Waals surface area contributed by atoms with Gasteiger partial charge < -0.3 is 9.73 Å². The van der Waals surface area contributed by atoms with Gasteiger partial charge in [0.15, 0.2) is 0 Å². The van der Waals surface area contributed by atoms with Crippen molar-refractivity contribution in [2.75, 3.05) is 5.32 Å². The summed E-state index contributed by atoms with van der Waals surface area (Å²) in [7, 11) is 0. The van der Waals surface area contributed by atoms with Crippen LogP contribution in [0.5, 0.6) is 0 Å². The molecule has 0 spiro atoms. The summed E-state index contributed by atoms with van der Waals surface area (Å²) < 4.78 is 44.9. The molecule has 0 aliphatic rings. The van der Waals surface area contributed by atoms with E-state index in [0.717, 1.165) is 34.8 Å². The maximum absolute atomic E-state index is 13.1. The smallest absolute Gasteiger partial charge is 0.410 e. The number of alkyl halides is 3. The molecule has 5 nitrogen and oxygen atoms in total. The number of thioether (sulfide) groups is 1. The molecule has 0 aliphatic heterocycles. The lowest BCUT2D eigenvalue weighted by Gasteiger charge is -2.17. The summed E-state index contributed by atoms with van der Waals surface area (Å²) in [4.78, 5) is 13.9. The number of nitrogens with one attached hydrogen (secondary N) is 1. The number of hydrogen-bond donors (Lipinski definition) is 1. The van der Waals surface area contributed by atoms with Crippen molar-refractivity contribution in [1.82, 2.24) is 10.2 Å². The highest BCUT2D eigenvalue weighted by Gasteiger charge is 2.32. The first kappa shape index (κ1) is 22.4. The van der Waals surface area contributed by atoms with Gasteiger partial charge in [0.1, 0.15) is 5.25 Å². The fourth-order valence-electron chi connectivity index (χ4n) is 2.75. The van der Waals surface area contributed by atoms with Crippen LogP contribution in [0.15, 0.2) is 75.7 Å².